The van der Waals surface area contributed by atoms with Gasteiger partial charge in [-0.3, -0.25) is 10.4 Å². The Kier molecular flexibility index (Phi) is 4.64. The number of halogens is 1. The molecule has 1 aromatic carbocycles. The zero-order valence-corrected chi connectivity index (χ0v) is 12.8. The van der Waals surface area contributed by atoms with Crippen molar-refractivity contribution in [1.82, 2.24) is 15.3 Å². The standard InChI is InChI=1S/C14H16FN5S/c1-16-13-10-6-7-17-12(9(10)4-5-11(13)15)8-18-19-14(21)20(2)3/h4-8,16H,1-3H3,(H,19,21). The van der Waals surface area contributed by atoms with Crippen molar-refractivity contribution in [3.63, 3.8) is 0 Å². The van der Waals surface area contributed by atoms with Crippen LogP contribution in [0.3, 0.4) is 0 Å². The number of hydrogen-bond acceptors (Lipinski definition) is 4. The summed E-state index contributed by atoms with van der Waals surface area (Å²) < 4.78 is 13.7. The van der Waals surface area contributed by atoms with E-state index in [-0.39, 0.29) is 5.82 Å². The van der Waals surface area contributed by atoms with Gasteiger partial charge in [-0.1, -0.05) is 0 Å². The molecule has 1 aromatic heterocycles. The van der Waals surface area contributed by atoms with E-state index in [1.54, 1.807) is 36.5 Å². The molecule has 0 aliphatic heterocycles. The number of hydrazone groups is 1. The van der Waals surface area contributed by atoms with Gasteiger partial charge in [-0.25, -0.2) is 4.39 Å². The average molecular weight is 305 g/mol. The van der Waals surface area contributed by atoms with Crippen molar-refractivity contribution >= 4 is 40.0 Å². The molecular formula is C14H16FN5S. The number of rotatable bonds is 3. The van der Waals surface area contributed by atoms with E-state index in [1.807, 2.05) is 14.1 Å². The molecule has 0 aliphatic rings. The molecular weight excluding hydrogens is 289 g/mol. The van der Waals surface area contributed by atoms with Crippen LogP contribution in [0.25, 0.3) is 10.8 Å². The Morgan fingerprint density at radius 2 is 2.10 bits per heavy atom. The van der Waals surface area contributed by atoms with Crippen LogP contribution < -0.4 is 10.7 Å². The lowest BCUT2D eigenvalue weighted by atomic mass is 10.1. The Bertz CT molecular complexity index is 699. The Hall–Kier alpha value is -2.28. The van der Waals surface area contributed by atoms with Crippen molar-refractivity contribution in [2.24, 2.45) is 5.10 Å². The lowest BCUT2D eigenvalue weighted by Crippen LogP contribution is -2.30. The van der Waals surface area contributed by atoms with Crippen LogP contribution in [0.5, 0.6) is 0 Å². The SMILES string of the molecule is CNc1c(F)ccc2c(C=NNC(=S)N(C)C)nccc12. The van der Waals surface area contributed by atoms with Crippen LogP contribution >= 0.6 is 12.2 Å². The van der Waals surface area contributed by atoms with Gasteiger partial charge >= 0.3 is 0 Å². The first-order chi connectivity index (χ1) is 10.0. The number of nitrogens with one attached hydrogen (secondary N) is 2. The van der Waals surface area contributed by atoms with Gasteiger partial charge in [0, 0.05) is 38.1 Å². The normalized spacial score (nSPS) is 10.9. The van der Waals surface area contributed by atoms with E-state index in [2.05, 4.69) is 20.8 Å². The van der Waals surface area contributed by atoms with Gasteiger partial charge in [-0.15, -0.1) is 0 Å². The summed E-state index contributed by atoms with van der Waals surface area (Å²) in [6.45, 7) is 0. The summed E-state index contributed by atoms with van der Waals surface area (Å²) in [5.74, 6) is -0.300. The first-order valence-corrected chi connectivity index (χ1v) is 6.70. The molecule has 0 aliphatic carbocycles. The second-order valence-electron chi connectivity index (χ2n) is 4.53. The van der Waals surface area contributed by atoms with E-state index in [4.69, 9.17) is 12.2 Å². The molecule has 0 spiro atoms. The number of fused-ring (bicyclic) bond motifs is 1. The smallest absolute Gasteiger partial charge is 0.189 e. The highest BCUT2D eigenvalue weighted by Crippen LogP contribution is 2.26. The summed E-state index contributed by atoms with van der Waals surface area (Å²) in [5.41, 5.74) is 3.82. The molecule has 2 aromatic rings. The van der Waals surface area contributed by atoms with Gasteiger partial charge in [-0.2, -0.15) is 5.10 Å². The van der Waals surface area contributed by atoms with Crippen LogP contribution in [-0.4, -0.2) is 42.4 Å². The van der Waals surface area contributed by atoms with Crippen molar-refractivity contribution in [3.05, 3.63) is 35.9 Å². The molecule has 0 fully saturated rings. The molecule has 0 bridgehead atoms. The van der Waals surface area contributed by atoms with Crippen LogP contribution in [0.4, 0.5) is 10.1 Å². The third-order valence-electron chi connectivity index (χ3n) is 2.93. The minimum absolute atomic E-state index is 0.300. The van der Waals surface area contributed by atoms with Gasteiger partial charge < -0.3 is 10.2 Å². The molecule has 0 saturated carbocycles. The van der Waals surface area contributed by atoms with Gasteiger partial charge in [0.25, 0.3) is 0 Å². The lowest BCUT2D eigenvalue weighted by Gasteiger charge is -2.11. The maximum atomic E-state index is 13.7. The molecule has 2 N–H and O–H groups in total. The fourth-order valence-electron chi connectivity index (χ4n) is 1.86. The molecule has 0 atom stereocenters. The third-order valence-corrected chi connectivity index (χ3v) is 3.39. The summed E-state index contributed by atoms with van der Waals surface area (Å²) >= 11 is 5.07. The molecule has 0 saturated heterocycles. The monoisotopic (exact) mass is 305 g/mol. The number of benzene rings is 1. The predicted octanol–water partition coefficient (Wildman–Crippen LogP) is 2.19. The van der Waals surface area contributed by atoms with E-state index in [1.165, 1.54) is 6.07 Å². The Labute approximate surface area is 127 Å². The molecule has 5 nitrogen and oxygen atoms in total. The highest BCUT2D eigenvalue weighted by Gasteiger charge is 2.08. The third kappa shape index (κ3) is 3.25. The zero-order chi connectivity index (χ0) is 15.4. The van der Waals surface area contributed by atoms with Gasteiger partial charge in [-0.05, 0) is 30.4 Å². The maximum absolute atomic E-state index is 13.7. The van der Waals surface area contributed by atoms with Gasteiger partial charge in [0.05, 0.1) is 17.6 Å². The van der Waals surface area contributed by atoms with Crippen LogP contribution in [0.1, 0.15) is 5.69 Å². The Morgan fingerprint density at radius 1 is 1.33 bits per heavy atom. The summed E-state index contributed by atoms with van der Waals surface area (Å²) in [6.07, 6.45) is 3.18. The topological polar surface area (TPSA) is 52.6 Å². The predicted molar refractivity (Wildman–Crippen MR) is 88.3 cm³/mol. The van der Waals surface area contributed by atoms with Crippen molar-refractivity contribution in [2.75, 3.05) is 26.5 Å². The van der Waals surface area contributed by atoms with E-state index in [0.717, 1.165) is 10.8 Å². The van der Waals surface area contributed by atoms with E-state index >= 15 is 0 Å². The lowest BCUT2D eigenvalue weighted by molar-refractivity contribution is 0.606. The Balaban J connectivity index is 2.37. The van der Waals surface area contributed by atoms with Gasteiger partial charge in [0.2, 0.25) is 0 Å². The number of anilines is 1. The number of nitrogens with zero attached hydrogens (tertiary/aromatic N) is 3. The molecule has 1 heterocycles. The quantitative estimate of drug-likeness (QED) is 0.517. The fraction of sp³-hybridized carbons (Fsp3) is 0.214. The molecule has 0 amide bonds. The number of hydrogen-bond donors (Lipinski definition) is 2. The zero-order valence-electron chi connectivity index (χ0n) is 12.0. The first kappa shape index (κ1) is 15.1. The number of aromatic nitrogens is 1. The fourth-order valence-corrected chi connectivity index (χ4v) is 1.91. The molecule has 21 heavy (non-hydrogen) atoms. The van der Waals surface area contributed by atoms with Gasteiger partial charge in [0.15, 0.2) is 5.11 Å². The molecule has 110 valence electrons. The van der Waals surface area contributed by atoms with E-state index in [0.29, 0.717) is 16.5 Å². The van der Waals surface area contributed by atoms with Gasteiger partial charge in [0.1, 0.15) is 5.82 Å². The van der Waals surface area contributed by atoms with Crippen LogP contribution in [0.15, 0.2) is 29.5 Å². The number of thiocarbonyl (C=S) groups is 1. The maximum Gasteiger partial charge on any atom is 0.189 e. The summed E-state index contributed by atoms with van der Waals surface area (Å²) in [5, 5.41) is 8.98. The van der Waals surface area contributed by atoms with Crippen molar-refractivity contribution in [1.29, 1.82) is 0 Å². The second-order valence-corrected chi connectivity index (χ2v) is 4.92. The minimum atomic E-state index is -0.300. The Morgan fingerprint density at radius 3 is 2.76 bits per heavy atom. The first-order valence-electron chi connectivity index (χ1n) is 6.30. The summed E-state index contributed by atoms with van der Waals surface area (Å²) in [4.78, 5) is 5.99. The summed E-state index contributed by atoms with van der Waals surface area (Å²) in [6, 6.07) is 4.86. The summed E-state index contributed by atoms with van der Waals surface area (Å²) in [7, 11) is 5.33. The molecule has 2 rings (SSSR count). The molecule has 0 radical (unpaired) electrons. The molecule has 0 unspecified atom stereocenters. The highest BCUT2D eigenvalue weighted by atomic mass is 32.1. The van der Waals surface area contributed by atoms with Crippen molar-refractivity contribution in [2.45, 2.75) is 0 Å². The highest BCUT2D eigenvalue weighted by molar-refractivity contribution is 7.80. The van der Waals surface area contributed by atoms with Crippen molar-refractivity contribution < 1.29 is 4.39 Å². The van der Waals surface area contributed by atoms with Crippen LogP contribution in [-0.2, 0) is 0 Å². The van der Waals surface area contributed by atoms with Crippen LogP contribution in [0, 0.1) is 5.82 Å². The number of pyridine rings is 1. The van der Waals surface area contributed by atoms with Crippen LogP contribution in [0.2, 0.25) is 0 Å². The molecule has 7 heteroatoms. The van der Waals surface area contributed by atoms with E-state index < -0.39 is 0 Å². The minimum Gasteiger partial charge on any atom is -0.385 e. The average Bonchev–Trinajstić information content (AvgIpc) is 2.47. The van der Waals surface area contributed by atoms with E-state index in [9.17, 15) is 4.39 Å². The second kappa shape index (κ2) is 6.45. The van der Waals surface area contributed by atoms with Crippen molar-refractivity contribution in [3.8, 4) is 0 Å². The largest absolute Gasteiger partial charge is 0.385 e.